The van der Waals surface area contributed by atoms with Crippen LogP contribution in [-0.2, 0) is 10.0 Å². The Morgan fingerprint density at radius 1 is 0.960 bits per heavy atom. The van der Waals surface area contributed by atoms with Gasteiger partial charge in [-0.2, -0.15) is 13.5 Å². The fourth-order valence-electron chi connectivity index (χ4n) is 2.89. The van der Waals surface area contributed by atoms with E-state index in [1.807, 2.05) is 42.5 Å². The number of hydrogen-bond acceptors (Lipinski definition) is 4. The molecule has 124 valence electrons. The third-order valence-electron chi connectivity index (χ3n) is 4.11. The number of amidine groups is 1. The summed E-state index contributed by atoms with van der Waals surface area (Å²) >= 11 is 0. The monoisotopic (exact) mass is 349 g/mol. The van der Waals surface area contributed by atoms with Crippen molar-refractivity contribution in [2.24, 2.45) is 9.50 Å². The summed E-state index contributed by atoms with van der Waals surface area (Å²) in [5.41, 5.74) is 1.53. The second-order valence-electron chi connectivity index (χ2n) is 5.72. The van der Waals surface area contributed by atoms with Gasteiger partial charge in [0.2, 0.25) is 0 Å². The molecule has 0 spiro atoms. The van der Waals surface area contributed by atoms with Crippen LogP contribution in [0, 0.1) is 0 Å². The first-order valence-electron chi connectivity index (χ1n) is 7.76. The molecule has 1 aliphatic rings. The van der Waals surface area contributed by atoms with Crippen LogP contribution in [0.5, 0.6) is 0 Å². The van der Waals surface area contributed by atoms with Crippen molar-refractivity contribution in [3.63, 3.8) is 0 Å². The first-order chi connectivity index (χ1) is 12.1. The Morgan fingerprint density at radius 2 is 1.68 bits per heavy atom. The van der Waals surface area contributed by atoms with Crippen LogP contribution < -0.4 is 0 Å². The number of rotatable bonds is 2. The summed E-state index contributed by atoms with van der Waals surface area (Å²) in [7, 11) is -1.95. The molecule has 5 nitrogen and oxygen atoms in total. The molecule has 0 saturated carbocycles. The quantitative estimate of drug-likeness (QED) is 0.527. The Balaban J connectivity index is 1.71. The van der Waals surface area contributed by atoms with Crippen LogP contribution >= 0.6 is 0 Å². The zero-order valence-corrected chi connectivity index (χ0v) is 14.3. The van der Waals surface area contributed by atoms with E-state index in [0.717, 1.165) is 16.3 Å². The van der Waals surface area contributed by atoms with Crippen molar-refractivity contribution < 1.29 is 8.42 Å². The molecule has 0 atom stereocenters. The van der Waals surface area contributed by atoms with E-state index < -0.39 is 10.0 Å². The third-order valence-corrected chi connectivity index (χ3v) is 5.44. The highest BCUT2D eigenvalue weighted by Gasteiger charge is 2.30. The molecule has 0 unspecified atom stereocenters. The van der Waals surface area contributed by atoms with Crippen LogP contribution in [0.1, 0.15) is 11.1 Å². The topological polar surface area (TPSA) is 62.1 Å². The molecule has 0 N–H and O–H groups in total. The van der Waals surface area contributed by atoms with Crippen molar-refractivity contribution in [3.05, 3.63) is 77.9 Å². The van der Waals surface area contributed by atoms with Crippen LogP contribution in [-0.4, -0.2) is 32.5 Å². The largest absolute Gasteiger partial charge is 0.285 e. The molecule has 0 fully saturated rings. The minimum Gasteiger partial charge on any atom is -0.250 e. The summed E-state index contributed by atoms with van der Waals surface area (Å²) in [6.45, 7) is 0. The summed E-state index contributed by atoms with van der Waals surface area (Å²) < 4.78 is 28.2. The SMILES string of the molecule is CN(/N=C/c1cccc2ccccc12)C1=NS(=O)(=O)c2ccccc21. The average molecular weight is 349 g/mol. The maximum absolute atomic E-state index is 12.2. The molecule has 0 aromatic heterocycles. The maximum atomic E-state index is 12.2. The molecule has 0 saturated heterocycles. The Morgan fingerprint density at radius 3 is 2.56 bits per heavy atom. The van der Waals surface area contributed by atoms with E-state index in [9.17, 15) is 8.42 Å². The van der Waals surface area contributed by atoms with Crippen molar-refractivity contribution in [2.75, 3.05) is 7.05 Å². The first kappa shape index (κ1) is 15.5. The van der Waals surface area contributed by atoms with Crippen molar-refractivity contribution >= 4 is 32.8 Å². The summed E-state index contributed by atoms with van der Waals surface area (Å²) in [6.07, 6.45) is 1.72. The molecule has 0 amide bonds. The highest BCUT2D eigenvalue weighted by atomic mass is 32.2. The maximum Gasteiger partial charge on any atom is 0.285 e. The molecule has 3 aromatic carbocycles. The van der Waals surface area contributed by atoms with Crippen molar-refractivity contribution in [2.45, 2.75) is 4.90 Å². The van der Waals surface area contributed by atoms with Crippen LogP contribution in [0.4, 0.5) is 0 Å². The molecule has 25 heavy (non-hydrogen) atoms. The van der Waals surface area contributed by atoms with E-state index in [1.54, 1.807) is 37.5 Å². The normalized spacial score (nSPS) is 15.3. The van der Waals surface area contributed by atoms with Crippen molar-refractivity contribution in [3.8, 4) is 0 Å². The van der Waals surface area contributed by atoms with Gasteiger partial charge in [0.05, 0.1) is 6.21 Å². The van der Waals surface area contributed by atoms with E-state index in [2.05, 4.69) is 9.50 Å². The third kappa shape index (κ3) is 2.70. The van der Waals surface area contributed by atoms with Crippen LogP contribution in [0.2, 0.25) is 0 Å². The first-order valence-corrected chi connectivity index (χ1v) is 9.20. The average Bonchev–Trinajstić information content (AvgIpc) is 2.91. The van der Waals surface area contributed by atoms with Gasteiger partial charge in [0.1, 0.15) is 4.90 Å². The van der Waals surface area contributed by atoms with E-state index in [-0.39, 0.29) is 4.90 Å². The van der Waals surface area contributed by atoms with Gasteiger partial charge in [0.15, 0.2) is 5.84 Å². The minimum absolute atomic E-state index is 0.220. The highest BCUT2D eigenvalue weighted by Crippen LogP contribution is 2.27. The standard InChI is InChI=1S/C19H15N3O2S/c1-22(19-17-11-4-5-12-18(17)25(23,24)21-19)20-13-15-9-6-8-14-7-2-3-10-16(14)15/h2-13H,1H3/b20-13+. The van der Waals surface area contributed by atoms with Crippen LogP contribution in [0.3, 0.4) is 0 Å². The van der Waals surface area contributed by atoms with Gasteiger partial charge in [-0.3, -0.25) is 0 Å². The van der Waals surface area contributed by atoms with Gasteiger partial charge in [0.25, 0.3) is 10.0 Å². The minimum atomic E-state index is -3.65. The summed E-state index contributed by atoms with van der Waals surface area (Å²) in [6, 6.07) is 20.8. The number of hydrazone groups is 1. The van der Waals surface area contributed by atoms with Crippen LogP contribution in [0.15, 0.2) is 81.1 Å². The molecular weight excluding hydrogens is 334 g/mol. The molecule has 1 aliphatic heterocycles. The Hall–Kier alpha value is -2.99. The number of fused-ring (bicyclic) bond motifs is 2. The molecule has 0 aliphatic carbocycles. The molecule has 0 radical (unpaired) electrons. The van der Waals surface area contributed by atoms with E-state index in [1.165, 1.54) is 5.01 Å². The molecule has 6 heteroatoms. The number of hydrogen-bond donors (Lipinski definition) is 0. The van der Waals surface area contributed by atoms with Crippen LogP contribution in [0.25, 0.3) is 10.8 Å². The molecule has 0 bridgehead atoms. The lowest BCUT2D eigenvalue weighted by molar-refractivity contribution is 0.549. The van der Waals surface area contributed by atoms with E-state index in [4.69, 9.17) is 0 Å². The number of benzene rings is 3. The highest BCUT2D eigenvalue weighted by molar-refractivity contribution is 7.90. The molecule has 4 rings (SSSR count). The molecule has 3 aromatic rings. The zero-order chi connectivity index (χ0) is 17.4. The lowest BCUT2D eigenvalue weighted by Gasteiger charge is -2.12. The Kier molecular flexibility index (Phi) is 3.62. The Bertz CT molecular complexity index is 1130. The summed E-state index contributed by atoms with van der Waals surface area (Å²) in [5, 5.41) is 8.11. The number of nitrogens with zero attached hydrogens (tertiary/aromatic N) is 3. The van der Waals surface area contributed by atoms with Crippen molar-refractivity contribution in [1.82, 2.24) is 5.01 Å². The fraction of sp³-hybridized carbons (Fsp3) is 0.0526. The summed E-state index contributed by atoms with van der Waals surface area (Å²) in [4.78, 5) is 0.220. The lowest BCUT2D eigenvalue weighted by Crippen LogP contribution is -2.21. The second-order valence-corrected chi connectivity index (χ2v) is 7.30. The van der Waals surface area contributed by atoms with Gasteiger partial charge in [-0.1, -0.05) is 54.6 Å². The van der Waals surface area contributed by atoms with Gasteiger partial charge in [-0.25, -0.2) is 5.01 Å². The smallest absolute Gasteiger partial charge is 0.250 e. The molecule has 1 heterocycles. The van der Waals surface area contributed by atoms with Gasteiger partial charge in [-0.15, -0.1) is 4.40 Å². The number of sulfonamides is 1. The van der Waals surface area contributed by atoms with Gasteiger partial charge >= 0.3 is 0 Å². The van der Waals surface area contributed by atoms with Gasteiger partial charge in [-0.05, 0) is 22.9 Å². The van der Waals surface area contributed by atoms with E-state index in [0.29, 0.717) is 11.4 Å². The van der Waals surface area contributed by atoms with E-state index >= 15 is 0 Å². The summed E-state index contributed by atoms with van der Waals surface area (Å²) in [5.74, 6) is 0.326. The van der Waals surface area contributed by atoms with Gasteiger partial charge in [0, 0.05) is 18.2 Å². The fourth-order valence-corrected chi connectivity index (χ4v) is 4.12. The Labute approximate surface area is 146 Å². The predicted octanol–water partition coefficient (Wildman–Crippen LogP) is 3.25. The predicted molar refractivity (Wildman–Crippen MR) is 99.5 cm³/mol. The zero-order valence-electron chi connectivity index (χ0n) is 13.5. The molecular formula is C19H15N3O2S. The second kappa shape index (κ2) is 5.82. The lowest BCUT2D eigenvalue weighted by atomic mass is 10.1. The van der Waals surface area contributed by atoms with Gasteiger partial charge < -0.3 is 0 Å². The van der Waals surface area contributed by atoms with Crippen molar-refractivity contribution in [1.29, 1.82) is 0 Å².